The van der Waals surface area contributed by atoms with Crippen molar-refractivity contribution in [3.63, 3.8) is 0 Å². The van der Waals surface area contributed by atoms with Gasteiger partial charge < -0.3 is 14.8 Å². The summed E-state index contributed by atoms with van der Waals surface area (Å²) in [6.45, 7) is 1.27. The van der Waals surface area contributed by atoms with Crippen molar-refractivity contribution in [2.75, 3.05) is 19.6 Å². The third-order valence-electron chi connectivity index (χ3n) is 7.74. The first-order valence-electron chi connectivity index (χ1n) is 12.5. The van der Waals surface area contributed by atoms with E-state index in [4.69, 9.17) is 0 Å². The number of pyridine rings is 1. The molecule has 2 aliphatic carbocycles. The van der Waals surface area contributed by atoms with Crippen LogP contribution in [0.1, 0.15) is 48.9 Å². The third kappa shape index (κ3) is 3.81. The second-order valence-electron chi connectivity index (χ2n) is 10.0. The maximum atomic E-state index is 13.5. The van der Waals surface area contributed by atoms with E-state index in [0.29, 0.717) is 47.4 Å². The number of hydrogen-bond donors (Lipinski definition) is 1. The molecule has 36 heavy (non-hydrogen) atoms. The molecule has 2 aromatic heterocycles. The average molecular weight is 487 g/mol. The van der Waals surface area contributed by atoms with Gasteiger partial charge in [0.05, 0.1) is 22.3 Å². The molecule has 6 rings (SSSR count). The third-order valence-corrected chi connectivity index (χ3v) is 7.74. The Bertz CT molecular complexity index is 1400. The van der Waals surface area contributed by atoms with Crippen molar-refractivity contribution >= 4 is 28.5 Å². The van der Waals surface area contributed by atoms with E-state index in [9.17, 15) is 18.8 Å². The number of allylic oxidation sites excluding steroid dienone is 1. The Balaban J connectivity index is 1.23. The quantitative estimate of drug-likeness (QED) is 0.441. The summed E-state index contributed by atoms with van der Waals surface area (Å²) in [5, 5.41) is 0.602. The zero-order chi connectivity index (χ0) is 24.9. The molecule has 3 aromatic rings. The van der Waals surface area contributed by atoms with E-state index in [1.165, 1.54) is 12.1 Å². The van der Waals surface area contributed by atoms with Gasteiger partial charge in [-0.05, 0) is 68.9 Å². The molecular weight excluding hydrogens is 459 g/mol. The standard InChI is InChI=1S/C28H27FN4O3/c29-20-8-6-18(7-9-20)23-24-21(10-13-30-23)22(16-31-24)25(34)27(36)33-15-14-32(17-28(33)11-12-28)26(35)19-4-2-1-3-5-19/h4,6-10,13,16,31H,1-3,5,11-12,14-15,17H2. The molecule has 184 valence electrons. The minimum Gasteiger partial charge on any atom is -0.359 e. The van der Waals surface area contributed by atoms with E-state index >= 15 is 0 Å². The Morgan fingerprint density at radius 3 is 2.56 bits per heavy atom. The van der Waals surface area contributed by atoms with Gasteiger partial charge in [-0.15, -0.1) is 0 Å². The lowest BCUT2D eigenvalue weighted by Crippen LogP contribution is -2.59. The summed E-state index contributed by atoms with van der Waals surface area (Å²) in [5.74, 6) is -1.36. The molecule has 1 N–H and O–H groups in total. The van der Waals surface area contributed by atoms with Crippen LogP contribution in [0.25, 0.3) is 22.2 Å². The van der Waals surface area contributed by atoms with Gasteiger partial charge in [0, 0.05) is 48.6 Å². The molecule has 1 saturated carbocycles. The first kappa shape index (κ1) is 22.6. The Morgan fingerprint density at radius 1 is 1.03 bits per heavy atom. The van der Waals surface area contributed by atoms with Crippen LogP contribution in [0.2, 0.25) is 0 Å². The van der Waals surface area contributed by atoms with E-state index in [1.54, 1.807) is 35.5 Å². The summed E-state index contributed by atoms with van der Waals surface area (Å²) >= 11 is 0. The maximum absolute atomic E-state index is 13.5. The van der Waals surface area contributed by atoms with Crippen LogP contribution in [-0.4, -0.2) is 62.5 Å². The lowest BCUT2D eigenvalue weighted by atomic mass is 9.97. The largest absolute Gasteiger partial charge is 0.359 e. The smallest absolute Gasteiger partial charge is 0.295 e. The summed E-state index contributed by atoms with van der Waals surface area (Å²) in [6, 6.07) is 7.69. The van der Waals surface area contributed by atoms with E-state index < -0.39 is 17.2 Å². The molecule has 1 aliphatic heterocycles. The van der Waals surface area contributed by atoms with Gasteiger partial charge in [0.2, 0.25) is 5.91 Å². The molecule has 8 heteroatoms. The highest BCUT2D eigenvalue weighted by atomic mass is 19.1. The first-order chi connectivity index (χ1) is 17.5. The maximum Gasteiger partial charge on any atom is 0.295 e. The van der Waals surface area contributed by atoms with E-state index in [-0.39, 0.29) is 11.7 Å². The number of rotatable bonds is 4. The summed E-state index contributed by atoms with van der Waals surface area (Å²) in [5.41, 5.74) is 2.65. The zero-order valence-electron chi connectivity index (χ0n) is 19.9. The number of hydrogen-bond acceptors (Lipinski definition) is 4. The number of nitrogens with one attached hydrogen (secondary N) is 1. The second-order valence-corrected chi connectivity index (χ2v) is 10.0. The van der Waals surface area contributed by atoms with Crippen LogP contribution < -0.4 is 0 Å². The zero-order valence-corrected chi connectivity index (χ0v) is 19.9. The average Bonchev–Trinajstić information content (AvgIpc) is 3.53. The monoisotopic (exact) mass is 486 g/mol. The molecule has 7 nitrogen and oxygen atoms in total. The molecule has 0 bridgehead atoms. The highest BCUT2D eigenvalue weighted by Gasteiger charge is 2.55. The molecule has 1 saturated heterocycles. The molecule has 0 atom stereocenters. The molecule has 2 amide bonds. The van der Waals surface area contributed by atoms with Gasteiger partial charge in [-0.2, -0.15) is 0 Å². The van der Waals surface area contributed by atoms with Crippen molar-refractivity contribution in [1.29, 1.82) is 0 Å². The van der Waals surface area contributed by atoms with Crippen molar-refractivity contribution < 1.29 is 18.8 Å². The van der Waals surface area contributed by atoms with Crippen LogP contribution >= 0.6 is 0 Å². The van der Waals surface area contributed by atoms with Crippen molar-refractivity contribution in [2.45, 2.75) is 44.1 Å². The molecule has 0 unspecified atom stereocenters. The van der Waals surface area contributed by atoms with Crippen LogP contribution in [-0.2, 0) is 9.59 Å². The number of halogens is 1. The number of aromatic amines is 1. The van der Waals surface area contributed by atoms with Crippen molar-refractivity contribution in [3.8, 4) is 11.3 Å². The number of benzene rings is 1. The fourth-order valence-electron chi connectivity index (χ4n) is 5.58. The van der Waals surface area contributed by atoms with Crippen LogP contribution in [0.4, 0.5) is 4.39 Å². The summed E-state index contributed by atoms with van der Waals surface area (Å²) in [6.07, 6.45) is 10.7. The van der Waals surface area contributed by atoms with Crippen molar-refractivity contribution in [1.82, 2.24) is 19.8 Å². The van der Waals surface area contributed by atoms with Gasteiger partial charge >= 0.3 is 0 Å². The van der Waals surface area contributed by atoms with Gasteiger partial charge in [0.25, 0.3) is 11.7 Å². The van der Waals surface area contributed by atoms with E-state index in [2.05, 4.69) is 16.0 Å². The summed E-state index contributed by atoms with van der Waals surface area (Å²) < 4.78 is 13.4. The molecule has 1 aromatic carbocycles. The minimum atomic E-state index is -0.571. The van der Waals surface area contributed by atoms with Crippen molar-refractivity contribution in [3.05, 3.63) is 65.8 Å². The van der Waals surface area contributed by atoms with Gasteiger partial charge in [-0.3, -0.25) is 19.4 Å². The number of fused-ring (bicyclic) bond motifs is 1. The number of ketones is 1. The van der Waals surface area contributed by atoms with Gasteiger partial charge in [-0.25, -0.2) is 4.39 Å². The number of nitrogens with zero attached hydrogens (tertiary/aromatic N) is 3. The molecule has 1 spiro atoms. The number of carbonyl (C=O) groups excluding carboxylic acids is 3. The van der Waals surface area contributed by atoms with Crippen LogP contribution in [0.5, 0.6) is 0 Å². The summed E-state index contributed by atoms with van der Waals surface area (Å²) in [7, 11) is 0. The molecule has 3 aliphatic rings. The molecule has 2 fully saturated rings. The molecule has 0 radical (unpaired) electrons. The minimum absolute atomic E-state index is 0.0804. The SMILES string of the molecule is O=C(C(=O)N1CCN(C(=O)C2=CCCCC2)CC12CC2)c1c[nH]c2c(-c3ccc(F)cc3)nccc12. The first-order valence-corrected chi connectivity index (χ1v) is 12.5. The second kappa shape index (κ2) is 8.69. The van der Waals surface area contributed by atoms with Crippen LogP contribution in [0.3, 0.4) is 0 Å². The Kier molecular flexibility index (Phi) is 5.47. The van der Waals surface area contributed by atoms with Crippen LogP contribution in [0.15, 0.2) is 54.4 Å². The number of H-pyrrole nitrogens is 1. The predicted molar refractivity (Wildman–Crippen MR) is 133 cm³/mol. The highest BCUT2D eigenvalue weighted by molar-refractivity contribution is 6.45. The van der Waals surface area contributed by atoms with Gasteiger partial charge in [0.15, 0.2) is 0 Å². The van der Waals surface area contributed by atoms with E-state index in [0.717, 1.165) is 44.1 Å². The van der Waals surface area contributed by atoms with E-state index in [1.807, 2.05) is 4.90 Å². The number of amides is 2. The number of carbonyl (C=O) groups is 3. The number of aromatic nitrogens is 2. The fraction of sp³-hybridized carbons (Fsp3) is 0.357. The Morgan fingerprint density at radius 2 is 1.83 bits per heavy atom. The molecular formula is C28H27FN4O3. The van der Waals surface area contributed by atoms with Crippen molar-refractivity contribution in [2.24, 2.45) is 0 Å². The lowest BCUT2D eigenvalue weighted by molar-refractivity contribution is -0.139. The lowest BCUT2D eigenvalue weighted by Gasteiger charge is -2.42. The number of piperazine rings is 1. The highest BCUT2D eigenvalue weighted by Crippen LogP contribution is 2.45. The topological polar surface area (TPSA) is 86.4 Å². The fourth-order valence-corrected chi connectivity index (χ4v) is 5.58. The predicted octanol–water partition coefficient (Wildman–Crippen LogP) is 4.26. The normalized spacial score (nSPS) is 18.9. The molecule has 3 heterocycles. The summed E-state index contributed by atoms with van der Waals surface area (Å²) in [4.78, 5) is 51.0. The van der Waals surface area contributed by atoms with Gasteiger partial charge in [-0.1, -0.05) is 6.08 Å². The van der Waals surface area contributed by atoms with Crippen LogP contribution in [0, 0.1) is 5.82 Å². The Labute approximate surface area is 208 Å². The Hall–Kier alpha value is -3.81. The van der Waals surface area contributed by atoms with Gasteiger partial charge in [0.1, 0.15) is 5.82 Å². The number of Topliss-reactive ketones (excluding diaryl/α,β-unsaturated/α-hetero) is 1.